The molecule has 2 aromatic carbocycles. The van der Waals surface area contributed by atoms with Gasteiger partial charge < -0.3 is 0 Å². The molecular weight excluding hydrogens is 278 g/mol. The first-order valence-electron chi connectivity index (χ1n) is 6.27. The summed E-state index contributed by atoms with van der Waals surface area (Å²) in [5, 5.41) is 0. The highest BCUT2D eigenvalue weighted by Crippen LogP contribution is 2.20. The summed E-state index contributed by atoms with van der Waals surface area (Å²) in [7, 11) is 0. The lowest BCUT2D eigenvalue weighted by atomic mass is 10.1. The first-order chi connectivity index (χ1) is 9.69. The zero-order chi connectivity index (χ0) is 14.4. The van der Waals surface area contributed by atoms with Crippen molar-refractivity contribution in [1.29, 1.82) is 0 Å². The summed E-state index contributed by atoms with van der Waals surface area (Å²) in [6.45, 7) is 0. The number of nitrogens with two attached hydrogens (primary N) is 1. The largest absolute Gasteiger partial charge is 0.271 e. The van der Waals surface area contributed by atoms with Crippen LogP contribution in [0, 0.1) is 11.6 Å². The highest BCUT2D eigenvalue weighted by atomic mass is 32.2. The van der Waals surface area contributed by atoms with Crippen LogP contribution >= 0.6 is 11.8 Å². The number of halogens is 2. The van der Waals surface area contributed by atoms with E-state index in [1.165, 1.54) is 6.07 Å². The Balaban J connectivity index is 1.97. The number of hydrogen-bond donors (Lipinski definition) is 2. The summed E-state index contributed by atoms with van der Waals surface area (Å²) in [6, 6.07) is 13.2. The lowest BCUT2D eigenvalue weighted by molar-refractivity contribution is 0.538. The van der Waals surface area contributed by atoms with Crippen molar-refractivity contribution >= 4 is 11.8 Å². The van der Waals surface area contributed by atoms with Gasteiger partial charge >= 0.3 is 0 Å². The number of nitrogens with one attached hydrogen (secondary N) is 1. The van der Waals surface area contributed by atoms with Crippen molar-refractivity contribution in [3.05, 3.63) is 65.7 Å². The Labute approximate surface area is 121 Å². The molecule has 0 saturated heterocycles. The van der Waals surface area contributed by atoms with Crippen LogP contribution in [-0.2, 0) is 6.42 Å². The molecule has 0 aliphatic carbocycles. The maximum Gasteiger partial charge on any atom is 0.126 e. The first-order valence-corrected chi connectivity index (χ1v) is 7.25. The van der Waals surface area contributed by atoms with Crippen LogP contribution in [0.2, 0.25) is 0 Å². The standard InChI is InChI=1S/C15H16F2N2S/c16-12-6-7-15(17)11(8-12)9-13(19-18)10-20-14-4-2-1-3-5-14/h1-8,13,19H,9-10,18H2. The van der Waals surface area contributed by atoms with Crippen molar-refractivity contribution in [3.63, 3.8) is 0 Å². The molecule has 0 saturated carbocycles. The van der Waals surface area contributed by atoms with Gasteiger partial charge in [-0.25, -0.2) is 8.78 Å². The summed E-state index contributed by atoms with van der Waals surface area (Å²) in [5.41, 5.74) is 2.99. The molecule has 0 aromatic heterocycles. The van der Waals surface area contributed by atoms with E-state index in [2.05, 4.69) is 5.43 Å². The van der Waals surface area contributed by atoms with Crippen LogP contribution in [0.4, 0.5) is 8.78 Å². The lowest BCUT2D eigenvalue weighted by Gasteiger charge is -2.16. The SMILES string of the molecule is NNC(CSc1ccccc1)Cc1cc(F)ccc1F. The maximum absolute atomic E-state index is 13.6. The second-order valence-corrected chi connectivity index (χ2v) is 5.52. The Morgan fingerprint density at radius 1 is 1.10 bits per heavy atom. The predicted octanol–water partition coefficient (Wildman–Crippen LogP) is 3.13. The molecule has 0 fully saturated rings. The van der Waals surface area contributed by atoms with Crippen molar-refractivity contribution in [2.75, 3.05) is 5.75 Å². The van der Waals surface area contributed by atoms with E-state index in [-0.39, 0.29) is 6.04 Å². The van der Waals surface area contributed by atoms with Crippen LogP contribution < -0.4 is 11.3 Å². The monoisotopic (exact) mass is 294 g/mol. The quantitative estimate of drug-likeness (QED) is 0.488. The third-order valence-electron chi connectivity index (χ3n) is 2.90. The molecule has 0 bridgehead atoms. The van der Waals surface area contributed by atoms with Gasteiger partial charge in [-0.15, -0.1) is 11.8 Å². The van der Waals surface area contributed by atoms with E-state index >= 15 is 0 Å². The highest BCUT2D eigenvalue weighted by Gasteiger charge is 2.12. The zero-order valence-electron chi connectivity index (χ0n) is 10.9. The molecular formula is C15H16F2N2S. The molecule has 5 heteroatoms. The molecule has 0 spiro atoms. The Kier molecular flexibility index (Phi) is 5.52. The van der Waals surface area contributed by atoms with Gasteiger partial charge in [-0.2, -0.15) is 0 Å². The van der Waals surface area contributed by atoms with Crippen LogP contribution in [0.15, 0.2) is 53.4 Å². The topological polar surface area (TPSA) is 38.0 Å². The van der Waals surface area contributed by atoms with Gasteiger partial charge in [0.25, 0.3) is 0 Å². The van der Waals surface area contributed by atoms with Gasteiger partial charge in [0.2, 0.25) is 0 Å². The summed E-state index contributed by atoms with van der Waals surface area (Å²) in [6.07, 6.45) is 0.347. The van der Waals surface area contributed by atoms with E-state index in [1.807, 2.05) is 30.3 Å². The fourth-order valence-electron chi connectivity index (χ4n) is 1.84. The third kappa shape index (κ3) is 4.30. The number of rotatable bonds is 6. The van der Waals surface area contributed by atoms with Crippen molar-refractivity contribution < 1.29 is 8.78 Å². The number of benzene rings is 2. The van der Waals surface area contributed by atoms with E-state index in [9.17, 15) is 8.78 Å². The van der Waals surface area contributed by atoms with Crippen LogP contribution in [0.5, 0.6) is 0 Å². The predicted molar refractivity (Wildman–Crippen MR) is 78.3 cm³/mol. The third-order valence-corrected chi connectivity index (χ3v) is 4.08. The minimum atomic E-state index is -0.437. The maximum atomic E-state index is 13.6. The molecule has 2 aromatic rings. The number of thioether (sulfide) groups is 1. The van der Waals surface area contributed by atoms with Crippen LogP contribution in [-0.4, -0.2) is 11.8 Å². The van der Waals surface area contributed by atoms with Crippen LogP contribution in [0.25, 0.3) is 0 Å². The lowest BCUT2D eigenvalue weighted by Crippen LogP contribution is -2.38. The minimum absolute atomic E-state index is 0.128. The normalized spacial score (nSPS) is 12.3. The van der Waals surface area contributed by atoms with E-state index in [0.717, 1.165) is 17.0 Å². The van der Waals surface area contributed by atoms with E-state index in [4.69, 9.17) is 5.84 Å². The van der Waals surface area contributed by atoms with Crippen LogP contribution in [0.1, 0.15) is 5.56 Å². The fraction of sp³-hybridized carbons (Fsp3) is 0.200. The molecule has 0 amide bonds. The summed E-state index contributed by atoms with van der Waals surface area (Å²) >= 11 is 1.62. The zero-order valence-corrected chi connectivity index (χ0v) is 11.7. The van der Waals surface area contributed by atoms with Gasteiger partial charge in [0.15, 0.2) is 0 Å². The van der Waals surface area contributed by atoms with Crippen molar-refractivity contribution in [1.82, 2.24) is 5.43 Å². The molecule has 0 aliphatic heterocycles. The minimum Gasteiger partial charge on any atom is -0.271 e. The second kappa shape index (κ2) is 7.38. The Morgan fingerprint density at radius 2 is 1.85 bits per heavy atom. The fourth-order valence-corrected chi connectivity index (χ4v) is 2.80. The summed E-state index contributed by atoms with van der Waals surface area (Å²) in [4.78, 5) is 1.12. The van der Waals surface area contributed by atoms with E-state index < -0.39 is 11.6 Å². The highest BCUT2D eigenvalue weighted by molar-refractivity contribution is 7.99. The average Bonchev–Trinajstić information content (AvgIpc) is 2.48. The van der Waals surface area contributed by atoms with Gasteiger partial charge in [0.05, 0.1) is 0 Å². The van der Waals surface area contributed by atoms with Gasteiger partial charge in [-0.05, 0) is 42.3 Å². The number of hydrogen-bond acceptors (Lipinski definition) is 3. The Morgan fingerprint density at radius 3 is 2.55 bits per heavy atom. The summed E-state index contributed by atoms with van der Waals surface area (Å²) < 4.78 is 26.7. The molecule has 0 radical (unpaired) electrons. The van der Waals surface area contributed by atoms with Crippen molar-refractivity contribution in [2.24, 2.45) is 5.84 Å². The molecule has 0 aliphatic rings. The molecule has 106 valence electrons. The van der Waals surface area contributed by atoms with Crippen molar-refractivity contribution in [2.45, 2.75) is 17.4 Å². The Bertz CT molecular complexity index is 549. The van der Waals surface area contributed by atoms with Gasteiger partial charge in [-0.3, -0.25) is 11.3 Å². The van der Waals surface area contributed by atoms with Crippen molar-refractivity contribution in [3.8, 4) is 0 Å². The average molecular weight is 294 g/mol. The molecule has 0 heterocycles. The van der Waals surface area contributed by atoms with E-state index in [0.29, 0.717) is 17.7 Å². The molecule has 2 rings (SSSR count). The Hall–Kier alpha value is -1.43. The molecule has 20 heavy (non-hydrogen) atoms. The van der Waals surface area contributed by atoms with E-state index in [1.54, 1.807) is 11.8 Å². The van der Waals surface area contributed by atoms with Gasteiger partial charge in [0.1, 0.15) is 11.6 Å². The number of hydrazine groups is 1. The first kappa shape index (κ1) is 15.0. The molecule has 3 N–H and O–H groups in total. The van der Waals surface area contributed by atoms with Gasteiger partial charge in [0, 0.05) is 16.7 Å². The van der Waals surface area contributed by atoms with Gasteiger partial charge in [-0.1, -0.05) is 18.2 Å². The smallest absolute Gasteiger partial charge is 0.126 e. The molecule has 2 nitrogen and oxygen atoms in total. The molecule has 1 unspecified atom stereocenters. The second-order valence-electron chi connectivity index (χ2n) is 4.43. The molecule has 1 atom stereocenters. The summed E-state index contributed by atoms with van der Waals surface area (Å²) in [5.74, 6) is 5.33. The van der Waals surface area contributed by atoms with Crippen LogP contribution in [0.3, 0.4) is 0 Å².